The van der Waals surface area contributed by atoms with E-state index < -0.39 is 5.41 Å². The molecular weight excluding hydrogens is 384 g/mol. The quantitative estimate of drug-likeness (QED) is 0.797. The van der Waals surface area contributed by atoms with Gasteiger partial charge >= 0.3 is 0 Å². The summed E-state index contributed by atoms with van der Waals surface area (Å²) in [5, 5.41) is 7.10. The van der Waals surface area contributed by atoms with Gasteiger partial charge in [0.2, 0.25) is 11.9 Å². The number of anilines is 2. The van der Waals surface area contributed by atoms with Crippen LogP contribution >= 0.6 is 15.9 Å². The van der Waals surface area contributed by atoms with Crippen molar-refractivity contribution in [1.29, 1.82) is 0 Å². The molecule has 7 nitrogen and oxygen atoms in total. The predicted molar refractivity (Wildman–Crippen MR) is 103 cm³/mol. The lowest BCUT2D eigenvalue weighted by atomic mass is 9.96. The molecule has 1 aliphatic heterocycles. The van der Waals surface area contributed by atoms with E-state index >= 15 is 0 Å². The van der Waals surface area contributed by atoms with Gasteiger partial charge in [0.25, 0.3) is 0 Å². The van der Waals surface area contributed by atoms with Crippen LogP contribution in [0.2, 0.25) is 0 Å². The number of fused-ring (bicyclic) bond motifs is 1. The van der Waals surface area contributed by atoms with Crippen molar-refractivity contribution in [3.8, 4) is 0 Å². The molecule has 2 aromatic rings. The van der Waals surface area contributed by atoms with Gasteiger partial charge in [-0.05, 0) is 35.0 Å². The van der Waals surface area contributed by atoms with Crippen molar-refractivity contribution in [1.82, 2.24) is 20.3 Å². The van der Waals surface area contributed by atoms with Gasteiger partial charge in [0.1, 0.15) is 5.82 Å². The van der Waals surface area contributed by atoms with Gasteiger partial charge in [-0.1, -0.05) is 20.8 Å². The first-order chi connectivity index (χ1) is 11.8. The largest absolute Gasteiger partial charge is 0.355 e. The summed E-state index contributed by atoms with van der Waals surface area (Å²) in [4.78, 5) is 28.0. The fourth-order valence-electron chi connectivity index (χ4n) is 2.62. The average molecular weight is 407 g/mol. The summed E-state index contributed by atoms with van der Waals surface area (Å²) in [5.41, 5.74) is 0.0626. The second-order valence-electron chi connectivity index (χ2n) is 7.19. The zero-order valence-electron chi connectivity index (χ0n) is 14.8. The normalized spacial score (nSPS) is 15.9. The number of hydrogen-bond acceptors (Lipinski definition) is 6. The fraction of sp³-hybridized carbons (Fsp3) is 0.529. The molecule has 2 aromatic heterocycles. The lowest BCUT2D eigenvalue weighted by Crippen LogP contribution is -2.31. The third-order valence-electron chi connectivity index (χ3n) is 4.04. The molecule has 0 aromatic carbocycles. The van der Waals surface area contributed by atoms with Crippen molar-refractivity contribution in [2.24, 2.45) is 5.41 Å². The molecule has 134 valence electrons. The van der Waals surface area contributed by atoms with Gasteiger partial charge in [-0.15, -0.1) is 0 Å². The minimum absolute atomic E-state index is 0.118. The molecular formula is C17H23BrN6O. The van der Waals surface area contributed by atoms with E-state index in [0.717, 1.165) is 48.3 Å². The van der Waals surface area contributed by atoms with Gasteiger partial charge in [0.05, 0.1) is 5.39 Å². The smallest absolute Gasteiger partial charge is 0.233 e. The third kappa shape index (κ3) is 4.24. The predicted octanol–water partition coefficient (Wildman–Crippen LogP) is 2.57. The average Bonchev–Trinajstić information content (AvgIpc) is 2.82. The maximum Gasteiger partial charge on any atom is 0.233 e. The summed E-state index contributed by atoms with van der Waals surface area (Å²) >= 11 is 3.47. The minimum atomic E-state index is -0.516. The Morgan fingerprint density at radius 3 is 2.84 bits per heavy atom. The highest BCUT2D eigenvalue weighted by molar-refractivity contribution is 9.10. The molecule has 2 N–H and O–H groups in total. The van der Waals surface area contributed by atoms with Crippen LogP contribution in [0.15, 0.2) is 16.7 Å². The molecule has 0 bridgehead atoms. The monoisotopic (exact) mass is 406 g/mol. The van der Waals surface area contributed by atoms with Crippen LogP contribution in [-0.4, -0.2) is 47.0 Å². The molecule has 0 aliphatic carbocycles. The molecule has 0 radical (unpaired) electrons. The second-order valence-corrected chi connectivity index (χ2v) is 8.11. The Kier molecular flexibility index (Phi) is 5.19. The molecule has 1 amide bonds. The van der Waals surface area contributed by atoms with Crippen molar-refractivity contribution in [2.75, 3.05) is 36.4 Å². The number of carbonyl (C=O) groups is 1. The van der Waals surface area contributed by atoms with Crippen LogP contribution in [0.5, 0.6) is 0 Å². The third-order valence-corrected chi connectivity index (χ3v) is 4.48. The number of hydrogen-bond donors (Lipinski definition) is 2. The Morgan fingerprint density at radius 2 is 2.08 bits per heavy atom. The first-order valence-corrected chi connectivity index (χ1v) is 9.24. The van der Waals surface area contributed by atoms with Crippen LogP contribution < -0.4 is 15.5 Å². The number of carbonyl (C=O) groups excluding carboxylic acids is 1. The van der Waals surface area contributed by atoms with Crippen LogP contribution in [0.25, 0.3) is 11.0 Å². The molecule has 1 fully saturated rings. The van der Waals surface area contributed by atoms with E-state index in [1.54, 1.807) is 6.20 Å². The number of rotatable bonds is 2. The lowest BCUT2D eigenvalue weighted by Gasteiger charge is -2.23. The van der Waals surface area contributed by atoms with Gasteiger partial charge in [0, 0.05) is 35.7 Å². The van der Waals surface area contributed by atoms with Gasteiger partial charge < -0.3 is 10.2 Å². The maximum absolute atomic E-state index is 12.3. The molecule has 3 rings (SSSR count). The van der Waals surface area contributed by atoms with Crippen molar-refractivity contribution in [3.05, 3.63) is 16.7 Å². The number of halogens is 1. The van der Waals surface area contributed by atoms with Crippen molar-refractivity contribution in [3.63, 3.8) is 0 Å². The Hall–Kier alpha value is -1.80. The zero-order chi connectivity index (χ0) is 18.0. The van der Waals surface area contributed by atoms with Gasteiger partial charge in [0.15, 0.2) is 5.65 Å². The van der Waals surface area contributed by atoms with E-state index in [0.29, 0.717) is 11.6 Å². The Balaban J connectivity index is 2.05. The Labute approximate surface area is 155 Å². The zero-order valence-corrected chi connectivity index (χ0v) is 16.4. The summed E-state index contributed by atoms with van der Waals surface area (Å²) in [7, 11) is 0. The van der Waals surface area contributed by atoms with Gasteiger partial charge in [-0.25, -0.2) is 4.98 Å². The van der Waals surface area contributed by atoms with Crippen molar-refractivity contribution >= 4 is 44.6 Å². The Bertz CT molecular complexity index is 781. The van der Waals surface area contributed by atoms with E-state index in [-0.39, 0.29) is 5.91 Å². The Morgan fingerprint density at radius 1 is 1.28 bits per heavy atom. The summed E-state index contributed by atoms with van der Waals surface area (Å²) < 4.78 is 0.879. The topological polar surface area (TPSA) is 83.0 Å². The summed E-state index contributed by atoms with van der Waals surface area (Å²) in [6.45, 7) is 9.23. The fourth-order valence-corrected chi connectivity index (χ4v) is 2.95. The molecule has 0 unspecified atom stereocenters. The number of amides is 1. The highest BCUT2D eigenvalue weighted by atomic mass is 79.9. The van der Waals surface area contributed by atoms with Crippen molar-refractivity contribution < 1.29 is 4.79 Å². The van der Waals surface area contributed by atoms with Crippen LogP contribution in [-0.2, 0) is 4.79 Å². The molecule has 1 saturated heterocycles. The van der Waals surface area contributed by atoms with E-state index in [1.807, 2.05) is 26.8 Å². The standard InChI is InChI=1S/C17H23BrN6O/c1-17(2,3)15(25)23-16-21-13-12(9-11(18)10-20-13)14(22-16)24-7-4-5-19-6-8-24/h9-10,19H,4-8H2,1-3H3,(H,20,21,22,23,25). The first-order valence-electron chi connectivity index (χ1n) is 8.45. The molecule has 1 aliphatic rings. The molecule has 25 heavy (non-hydrogen) atoms. The van der Waals surface area contributed by atoms with E-state index in [1.165, 1.54) is 0 Å². The first kappa shape index (κ1) is 18.0. The lowest BCUT2D eigenvalue weighted by molar-refractivity contribution is -0.123. The van der Waals surface area contributed by atoms with E-state index in [9.17, 15) is 4.79 Å². The SMILES string of the molecule is CC(C)(C)C(=O)Nc1nc(N2CCCNCC2)c2cc(Br)cnc2n1. The minimum Gasteiger partial charge on any atom is -0.355 e. The molecule has 8 heteroatoms. The van der Waals surface area contributed by atoms with Crippen LogP contribution in [0, 0.1) is 5.41 Å². The molecule has 0 saturated carbocycles. The van der Waals surface area contributed by atoms with Crippen molar-refractivity contribution in [2.45, 2.75) is 27.2 Å². The van der Waals surface area contributed by atoms with Gasteiger partial charge in [-0.2, -0.15) is 9.97 Å². The molecule has 0 atom stereocenters. The van der Waals surface area contributed by atoms with Crippen LogP contribution in [0.1, 0.15) is 27.2 Å². The van der Waals surface area contributed by atoms with Gasteiger partial charge in [-0.3, -0.25) is 10.1 Å². The molecule has 3 heterocycles. The number of pyridine rings is 1. The highest BCUT2D eigenvalue weighted by Gasteiger charge is 2.24. The summed E-state index contributed by atoms with van der Waals surface area (Å²) in [6.07, 6.45) is 2.75. The number of nitrogens with one attached hydrogen (secondary N) is 2. The number of aromatic nitrogens is 3. The summed E-state index contributed by atoms with van der Waals surface area (Å²) in [5.74, 6) is 0.994. The van der Waals surface area contributed by atoms with E-state index in [2.05, 4.69) is 46.4 Å². The second kappa shape index (κ2) is 7.21. The van der Waals surface area contributed by atoms with E-state index in [4.69, 9.17) is 0 Å². The number of nitrogens with zero attached hydrogens (tertiary/aromatic N) is 4. The van der Waals surface area contributed by atoms with Crippen LogP contribution in [0.3, 0.4) is 0 Å². The highest BCUT2D eigenvalue weighted by Crippen LogP contribution is 2.27. The molecule has 0 spiro atoms. The maximum atomic E-state index is 12.3. The van der Waals surface area contributed by atoms with Crippen LogP contribution in [0.4, 0.5) is 11.8 Å². The summed E-state index contributed by atoms with van der Waals surface area (Å²) in [6, 6.07) is 1.98.